The lowest BCUT2D eigenvalue weighted by atomic mass is 9.87. The summed E-state index contributed by atoms with van der Waals surface area (Å²) in [7, 11) is 0. The first-order valence-corrected chi connectivity index (χ1v) is 12.0. The molecular formula is C27H31F3N2OS. The normalized spacial score (nSPS) is 14.0. The number of alkyl halides is 3. The van der Waals surface area contributed by atoms with Gasteiger partial charge < -0.3 is 5.11 Å². The van der Waals surface area contributed by atoms with E-state index >= 15 is 0 Å². The molecule has 3 N–H and O–H groups in total. The first-order chi connectivity index (χ1) is 15.8. The number of hydrazine groups is 1. The van der Waals surface area contributed by atoms with Gasteiger partial charge in [0.05, 0.1) is 17.8 Å². The third kappa shape index (κ3) is 6.34. The molecule has 0 fully saturated rings. The van der Waals surface area contributed by atoms with Crippen LogP contribution in [0.2, 0.25) is 0 Å². The average Bonchev–Trinajstić information content (AvgIpc) is 2.76. The Morgan fingerprint density at radius 1 is 0.912 bits per heavy atom. The van der Waals surface area contributed by atoms with Crippen LogP contribution >= 0.6 is 11.8 Å². The summed E-state index contributed by atoms with van der Waals surface area (Å²) in [6.45, 7) is 7.95. The summed E-state index contributed by atoms with van der Waals surface area (Å²) in [4.78, 5) is 0.862. The average molecular weight is 489 g/mol. The Labute approximate surface area is 203 Å². The van der Waals surface area contributed by atoms with E-state index in [-0.39, 0.29) is 16.7 Å². The van der Waals surface area contributed by atoms with Crippen molar-refractivity contribution in [1.29, 1.82) is 0 Å². The summed E-state index contributed by atoms with van der Waals surface area (Å²) in [5.74, 6) is 6.12. The van der Waals surface area contributed by atoms with E-state index in [9.17, 15) is 18.3 Å². The number of rotatable bonds is 7. The Morgan fingerprint density at radius 2 is 1.53 bits per heavy atom. The SMILES string of the molecule is Cc1cc(C(O)(CSc2ccccc2C(C)(C)C)CC(F)(F)F)ccc1N(N)c1ccccc1. The minimum atomic E-state index is -4.53. The van der Waals surface area contributed by atoms with Crippen molar-refractivity contribution in [3.05, 3.63) is 89.5 Å². The molecule has 0 heterocycles. The van der Waals surface area contributed by atoms with Gasteiger partial charge in [-0.15, -0.1) is 11.8 Å². The molecule has 3 rings (SSSR count). The second kappa shape index (κ2) is 10.0. The van der Waals surface area contributed by atoms with Crippen LogP contribution in [0.15, 0.2) is 77.7 Å². The molecule has 3 aromatic carbocycles. The summed E-state index contributed by atoms with van der Waals surface area (Å²) in [5, 5.41) is 12.8. The van der Waals surface area contributed by atoms with E-state index in [1.165, 1.54) is 22.8 Å². The van der Waals surface area contributed by atoms with Crippen LogP contribution in [0.1, 0.15) is 43.9 Å². The van der Waals surface area contributed by atoms with Crippen molar-refractivity contribution in [3.63, 3.8) is 0 Å². The Kier molecular flexibility index (Phi) is 7.70. The highest BCUT2D eigenvalue weighted by Gasteiger charge is 2.43. The van der Waals surface area contributed by atoms with Gasteiger partial charge in [-0.3, -0.25) is 5.01 Å². The Hall–Kier alpha value is -2.48. The van der Waals surface area contributed by atoms with Gasteiger partial charge in [0, 0.05) is 10.6 Å². The zero-order valence-electron chi connectivity index (χ0n) is 19.9. The van der Waals surface area contributed by atoms with Crippen LogP contribution in [-0.4, -0.2) is 17.0 Å². The number of aryl methyl sites for hydroxylation is 1. The molecule has 0 saturated heterocycles. The van der Waals surface area contributed by atoms with Crippen LogP contribution in [0.4, 0.5) is 24.5 Å². The maximum absolute atomic E-state index is 13.6. The van der Waals surface area contributed by atoms with Gasteiger partial charge in [0.2, 0.25) is 0 Å². The standard InChI is InChI=1S/C27H31F3N2OS/c1-19-16-20(14-15-23(19)32(31)21-10-6-5-7-11-21)26(33,17-27(28,29)30)18-34-24-13-9-8-12-22(24)25(2,3)4/h5-16,33H,17-18,31H2,1-4H3. The zero-order valence-corrected chi connectivity index (χ0v) is 20.7. The maximum atomic E-state index is 13.6. The number of para-hydroxylation sites is 1. The third-order valence-corrected chi connectivity index (χ3v) is 6.97. The number of benzene rings is 3. The van der Waals surface area contributed by atoms with Crippen LogP contribution < -0.4 is 10.9 Å². The lowest BCUT2D eigenvalue weighted by Gasteiger charge is -2.32. The molecule has 0 amide bonds. The predicted octanol–water partition coefficient (Wildman–Crippen LogP) is 7.24. The molecule has 3 nitrogen and oxygen atoms in total. The molecule has 0 aliphatic carbocycles. The van der Waals surface area contributed by atoms with Gasteiger partial charge in [0.1, 0.15) is 5.60 Å². The van der Waals surface area contributed by atoms with Crippen LogP contribution in [0, 0.1) is 6.92 Å². The topological polar surface area (TPSA) is 49.5 Å². The Balaban J connectivity index is 1.94. The van der Waals surface area contributed by atoms with E-state index in [0.29, 0.717) is 11.3 Å². The molecule has 0 saturated carbocycles. The smallest absolute Gasteiger partial charge is 0.384 e. The van der Waals surface area contributed by atoms with E-state index in [4.69, 9.17) is 5.84 Å². The van der Waals surface area contributed by atoms with Gasteiger partial charge in [-0.2, -0.15) is 13.2 Å². The fraction of sp³-hybridized carbons (Fsp3) is 0.333. The Morgan fingerprint density at radius 3 is 2.12 bits per heavy atom. The zero-order chi connectivity index (χ0) is 25.1. The lowest BCUT2D eigenvalue weighted by molar-refractivity contribution is -0.173. The highest BCUT2D eigenvalue weighted by Crippen LogP contribution is 2.42. The number of hydrogen-bond donors (Lipinski definition) is 2. The van der Waals surface area contributed by atoms with Crippen LogP contribution in [0.25, 0.3) is 0 Å². The number of hydrogen-bond acceptors (Lipinski definition) is 4. The minimum Gasteiger partial charge on any atom is -0.384 e. The molecule has 0 aliphatic rings. The number of thioether (sulfide) groups is 1. The monoisotopic (exact) mass is 488 g/mol. The summed E-state index contributed by atoms with van der Waals surface area (Å²) in [5.41, 5.74) is 1.05. The molecule has 1 unspecified atom stereocenters. The molecule has 0 spiro atoms. The molecule has 34 heavy (non-hydrogen) atoms. The van der Waals surface area contributed by atoms with Gasteiger partial charge in [0.25, 0.3) is 0 Å². The number of aliphatic hydroxyl groups is 1. The summed E-state index contributed by atoms with van der Waals surface area (Å²) >= 11 is 1.24. The molecular weight excluding hydrogens is 457 g/mol. The number of halogens is 3. The second-order valence-electron chi connectivity index (χ2n) is 9.57. The van der Waals surface area contributed by atoms with Crippen molar-refractivity contribution in [2.24, 2.45) is 5.84 Å². The van der Waals surface area contributed by atoms with E-state index < -0.39 is 18.2 Å². The molecule has 0 radical (unpaired) electrons. The van der Waals surface area contributed by atoms with Crippen LogP contribution in [-0.2, 0) is 11.0 Å². The number of nitrogens with two attached hydrogens (primary N) is 1. The minimum absolute atomic E-state index is 0.136. The molecule has 3 aromatic rings. The first kappa shape index (κ1) is 26.1. The van der Waals surface area contributed by atoms with E-state index in [0.717, 1.165) is 16.1 Å². The number of nitrogens with zero attached hydrogens (tertiary/aromatic N) is 1. The van der Waals surface area contributed by atoms with Crippen LogP contribution in [0.5, 0.6) is 0 Å². The summed E-state index contributed by atoms with van der Waals surface area (Å²) in [6.07, 6.45) is -5.87. The van der Waals surface area contributed by atoms with E-state index in [2.05, 4.69) is 20.8 Å². The van der Waals surface area contributed by atoms with E-state index in [1.807, 2.05) is 54.6 Å². The van der Waals surface area contributed by atoms with Gasteiger partial charge in [-0.1, -0.05) is 69.3 Å². The molecule has 182 valence electrons. The van der Waals surface area contributed by atoms with Crippen molar-refractivity contribution in [1.82, 2.24) is 0 Å². The van der Waals surface area contributed by atoms with Crippen molar-refractivity contribution < 1.29 is 18.3 Å². The molecule has 1 atom stereocenters. The molecule has 0 bridgehead atoms. The van der Waals surface area contributed by atoms with Crippen molar-refractivity contribution >= 4 is 23.1 Å². The van der Waals surface area contributed by atoms with E-state index in [1.54, 1.807) is 19.1 Å². The quantitative estimate of drug-likeness (QED) is 0.209. The third-order valence-electron chi connectivity index (χ3n) is 5.68. The number of anilines is 2. The fourth-order valence-electron chi connectivity index (χ4n) is 3.92. The van der Waals surface area contributed by atoms with Gasteiger partial charge >= 0.3 is 6.18 Å². The molecule has 0 aromatic heterocycles. The highest BCUT2D eigenvalue weighted by atomic mass is 32.2. The molecule has 7 heteroatoms. The predicted molar refractivity (Wildman–Crippen MR) is 134 cm³/mol. The second-order valence-corrected chi connectivity index (χ2v) is 10.6. The summed E-state index contributed by atoms with van der Waals surface area (Å²) in [6, 6.07) is 21.7. The van der Waals surface area contributed by atoms with Gasteiger partial charge in [-0.25, -0.2) is 5.84 Å². The first-order valence-electron chi connectivity index (χ1n) is 11.0. The summed E-state index contributed by atoms with van der Waals surface area (Å²) < 4.78 is 40.7. The highest BCUT2D eigenvalue weighted by molar-refractivity contribution is 7.99. The maximum Gasteiger partial charge on any atom is 0.392 e. The fourth-order valence-corrected chi connectivity index (χ4v) is 5.29. The Bertz CT molecular complexity index is 1110. The van der Waals surface area contributed by atoms with Crippen molar-refractivity contribution in [2.75, 3.05) is 10.8 Å². The van der Waals surface area contributed by atoms with Crippen molar-refractivity contribution in [3.8, 4) is 0 Å². The van der Waals surface area contributed by atoms with Crippen molar-refractivity contribution in [2.45, 2.75) is 56.2 Å². The largest absolute Gasteiger partial charge is 0.392 e. The van der Waals surface area contributed by atoms with Gasteiger partial charge in [-0.05, 0) is 53.3 Å². The molecule has 0 aliphatic heterocycles. The van der Waals surface area contributed by atoms with Gasteiger partial charge in [0.15, 0.2) is 0 Å². The lowest BCUT2D eigenvalue weighted by Crippen LogP contribution is -2.35. The van der Waals surface area contributed by atoms with Crippen LogP contribution in [0.3, 0.4) is 0 Å².